The Hall–Kier alpha value is -1.87. The molecule has 2 aromatic rings. The number of hydrogen-bond donors (Lipinski definition) is 0. The summed E-state index contributed by atoms with van der Waals surface area (Å²) in [6, 6.07) is 13.7. The summed E-state index contributed by atoms with van der Waals surface area (Å²) >= 11 is 6.39. The highest BCUT2D eigenvalue weighted by molar-refractivity contribution is 6.45. The molecule has 0 aliphatic rings. The molecular weight excluding hydrogens is 312 g/mol. The maximum atomic E-state index is 12.4. The van der Waals surface area contributed by atoms with E-state index in [2.05, 4.69) is 0 Å². The van der Waals surface area contributed by atoms with Crippen molar-refractivity contribution in [3.8, 4) is 0 Å². The second kappa shape index (κ2) is 6.32. The highest BCUT2D eigenvalue weighted by atomic mass is 35.5. The molecule has 0 heterocycles. The Labute approximate surface area is 141 Å². The van der Waals surface area contributed by atoms with Gasteiger partial charge in [-0.25, -0.2) is 4.79 Å². The molecule has 23 heavy (non-hydrogen) atoms. The average molecular weight is 333 g/mol. The minimum Gasteiger partial charge on any atom is -0.458 e. The quantitative estimate of drug-likeness (QED) is 0.476. The monoisotopic (exact) mass is 332 g/mol. The molecule has 0 unspecified atom stereocenters. The van der Waals surface area contributed by atoms with Crippen LogP contribution in [0.1, 0.15) is 33.3 Å². The Morgan fingerprint density at radius 2 is 1.65 bits per heavy atom. The van der Waals surface area contributed by atoms with Crippen molar-refractivity contribution in [3.63, 3.8) is 0 Å². The van der Waals surface area contributed by atoms with Crippen LogP contribution < -0.4 is 0 Å². The first-order chi connectivity index (χ1) is 10.6. The fourth-order valence-corrected chi connectivity index (χ4v) is 2.52. The van der Waals surface area contributed by atoms with Gasteiger partial charge in [0, 0.05) is 6.42 Å². The van der Waals surface area contributed by atoms with Crippen LogP contribution in [0.5, 0.6) is 0 Å². The topological polar surface area (TPSA) is 43.4 Å². The first kappa shape index (κ1) is 17.5. The molecule has 122 valence electrons. The van der Waals surface area contributed by atoms with E-state index in [4.69, 9.17) is 16.3 Å². The normalized spacial score (nSPS) is 14.3. The Balaban J connectivity index is 2.33. The smallest absolute Gasteiger partial charge is 0.335 e. The number of Topliss-reactive ketones (excluding diaryl/α,β-unsaturated/α-hetero) is 1. The van der Waals surface area contributed by atoms with Crippen molar-refractivity contribution < 1.29 is 14.3 Å². The summed E-state index contributed by atoms with van der Waals surface area (Å²) in [6.07, 6.45) is 0.101. The molecule has 0 fully saturated rings. The first-order valence-electron chi connectivity index (χ1n) is 7.53. The highest BCUT2D eigenvalue weighted by Crippen LogP contribution is 2.28. The standard InChI is InChI=1S/C19H21ClO3/c1-13(21)19(20,17(22)23-18(2,3)4)12-14-9-10-15-7-5-6-8-16(15)11-14/h5-11H,12H2,1-4H3/t19-/m0/s1. The van der Waals surface area contributed by atoms with E-state index in [0.29, 0.717) is 0 Å². The van der Waals surface area contributed by atoms with Gasteiger partial charge >= 0.3 is 5.97 Å². The second-order valence-electron chi connectivity index (χ2n) is 6.72. The van der Waals surface area contributed by atoms with Gasteiger partial charge in [0.25, 0.3) is 0 Å². The molecule has 0 aromatic heterocycles. The first-order valence-corrected chi connectivity index (χ1v) is 7.91. The Kier molecular flexibility index (Phi) is 4.81. The SMILES string of the molecule is CC(=O)[C@@](Cl)(Cc1ccc2ccccc2c1)C(=O)OC(C)(C)C. The molecule has 3 nitrogen and oxygen atoms in total. The molecule has 0 spiro atoms. The van der Waals surface area contributed by atoms with Gasteiger partial charge in [-0.3, -0.25) is 4.79 Å². The molecule has 0 N–H and O–H groups in total. The lowest BCUT2D eigenvalue weighted by Gasteiger charge is -2.28. The van der Waals surface area contributed by atoms with Crippen molar-refractivity contribution in [2.24, 2.45) is 0 Å². The zero-order valence-electron chi connectivity index (χ0n) is 13.9. The lowest BCUT2D eigenvalue weighted by Crippen LogP contribution is -2.46. The van der Waals surface area contributed by atoms with E-state index in [1.54, 1.807) is 20.8 Å². The Morgan fingerprint density at radius 3 is 2.22 bits per heavy atom. The molecule has 0 saturated heterocycles. The number of halogens is 1. The lowest BCUT2D eigenvalue weighted by atomic mass is 9.93. The summed E-state index contributed by atoms with van der Waals surface area (Å²) in [4.78, 5) is 22.7. The third-order valence-corrected chi connectivity index (χ3v) is 4.10. The zero-order valence-corrected chi connectivity index (χ0v) is 14.6. The van der Waals surface area contributed by atoms with Crippen molar-refractivity contribution in [1.29, 1.82) is 0 Å². The summed E-state index contributed by atoms with van der Waals surface area (Å²) in [6.45, 7) is 6.56. The maximum absolute atomic E-state index is 12.4. The number of esters is 1. The van der Waals surface area contributed by atoms with E-state index in [9.17, 15) is 9.59 Å². The zero-order chi connectivity index (χ0) is 17.3. The van der Waals surface area contributed by atoms with E-state index < -0.39 is 22.2 Å². The molecule has 0 saturated carbocycles. The molecule has 0 amide bonds. The minimum absolute atomic E-state index is 0.101. The maximum Gasteiger partial charge on any atom is 0.335 e. The second-order valence-corrected chi connectivity index (χ2v) is 7.36. The third-order valence-electron chi connectivity index (χ3n) is 3.54. The molecule has 0 bridgehead atoms. The van der Waals surface area contributed by atoms with Crippen LogP contribution in [0.2, 0.25) is 0 Å². The summed E-state index contributed by atoms with van der Waals surface area (Å²) in [7, 11) is 0. The van der Waals surface area contributed by atoms with Crippen LogP contribution in [-0.2, 0) is 20.7 Å². The summed E-state index contributed by atoms with van der Waals surface area (Å²) < 4.78 is 5.33. The molecule has 2 aromatic carbocycles. The number of alkyl halides is 1. The number of carbonyl (C=O) groups is 2. The van der Waals surface area contributed by atoms with Crippen molar-refractivity contribution in [2.45, 2.75) is 44.6 Å². The van der Waals surface area contributed by atoms with Crippen molar-refractivity contribution in [2.75, 3.05) is 0 Å². The summed E-state index contributed by atoms with van der Waals surface area (Å²) in [5.41, 5.74) is 0.121. The van der Waals surface area contributed by atoms with Crippen LogP contribution in [0.25, 0.3) is 10.8 Å². The number of carbonyl (C=O) groups excluding carboxylic acids is 2. The van der Waals surface area contributed by atoms with E-state index in [1.807, 2.05) is 42.5 Å². The number of ether oxygens (including phenoxy) is 1. The highest BCUT2D eigenvalue weighted by Gasteiger charge is 2.44. The molecule has 0 radical (unpaired) electrons. The number of fused-ring (bicyclic) bond motifs is 1. The van der Waals surface area contributed by atoms with Crippen molar-refractivity contribution >= 4 is 34.1 Å². The van der Waals surface area contributed by atoms with Gasteiger partial charge in [-0.2, -0.15) is 0 Å². The van der Waals surface area contributed by atoms with E-state index in [1.165, 1.54) is 6.92 Å². The fourth-order valence-electron chi connectivity index (χ4n) is 2.33. The molecule has 2 rings (SSSR count). The predicted molar refractivity (Wildman–Crippen MR) is 92.8 cm³/mol. The molecule has 4 heteroatoms. The minimum atomic E-state index is -1.70. The van der Waals surface area contributed by atoms with Gasteiger partial charge in [0.15, 0.2) is 5.78 Å². The Morgan fingerprint density at radius 1 is 1.04 bits per heavy atom. The van der Waals surface area contributed by atoms with Gasteiger partial charge in [-0.1, -0.05) is 54.1 Å². The van der Waals surface area contributed by atoms with Crippen molar-refractivity contribution in [3.05, 3.63) is 48.0 Å². The number of hydrogen-bond acceptors (Lipinski definition) is 3. The van der Waals surface area contributed by atoms with Gasteiger partial charge in [-0.05, 0) is 44.0 Å². The number of rotatable bonds is 4. The van der Waals surface area contributed by atoms with Gasteiger partial charge in [0.1, 0.15) is 5.60 Å². The van der Waals surface area contributed by atoms with E-state index in [0.717, 1.165) is 16.3 Å². The fraction of sp³-hybridized carbons (Fsp3) is 0.368. The Bertz CT molecular complexity index is 746. The predicted octanol–water partition coefficient (Wildman–Crippen LogP) is 4.29. The van der Waals surface area contributed by atoms with Crippen LogP contribution in [0.4, 0.5) is 0 Å². The molecule has 0 aliphatic carbocycles. The van der Waals surface area contributed by atoms with Gasteiger partial charge in [0.05, 0.1) is 0 Å². The van der Waals surface area contributed by atoms with Crippen molar-refractivity contribution in [1.82, 2.24) is 0 Å². The average Bonchev–Trinajstić information content (AvgIpc) is 2.45. The van der Waals surface area contributed by atoms with E-state index >= 15 is 0 Å². The molecule has 0 aliphatic heterocycles. The summed E-state index contributed by atoms with van der Waals surface area (Å²) in [5, 5.41) is 2.13. The summed E-state index contributed by atoms with van der Waals surface area (Å²) in [5.74, 6) is -1.12. The molecule has 1 atom stereocenters. The van der Waals surface area contributed by atoms with Crippen LogP contribution in [-0.4, -0.2) is 22.2 Å². The van der Waals surface area contributed by atoms with E-state index in [-0.39, 0.29) is 6.42 Å². The molecular formula is C19H21ClO3. The van der Waals surface area contributed by atoms with Crippen LogP contribution in [0.15, 0.2) is 42.5 Å². The van der Waals surface area contributed by atoms with Crippen LogP contribution >= 0.6 is 11.6 Å². The number of ketones is 1. The number of benzene rings is 2. The largest absolute Gasteiger partial charge is 0.458 e. The lowest BCUT2D eigenvalue weighted by molar-refractivity contribution is -0.159. The van der Waals surface area contributed by atoms with Gasteiger partial charge in [0.2, 0.25) is 4.87 Å². The third kappa shape index (κ3) is 4.11. The van der Waals surface area contributed by atoms with Crippen LogP contribution in [0.3, 0.4) is 0 Å². The van der Waals surface area contributed by atoms with Gasteiger partial charge < -0.3 is 4.74 Å². The van der Waals surface area contributed by atoms with Gasteiger partial charge in [-0.15, -0.1) is 0 Å². The van der Waals surface area contributed by atoms with Crippen LogP contribution in [0, 0.1) is 0 Å².